The third-order valence-electron chi connectivity index (χ3n) is 2.54. The van der Waals surface area contributed by atoms with E-state index in [4.69, 9.17) is 4.74 Å². The second kappa shape index (κ2) is 6.35. The van der Waals surface area contributed by atoms with Crippen LogP contribution in [0.4, 0.5) is 8.78 Å². The minimum absolute atomic E-state index is 0.224. The molecule has 1 N–H and O–H groups in total. The molecule has 7 heteroatoms. The maximum Gasteiger partial charge on any atom is 0.152 e. The van der Waals surface area contributed by atoms with Gasteiger partial charge in [0.05, 0.1) is 6.61 Å². The number of methoxy groups -OCH3 is 1. The van der Waals surface area contributed by atoms with Crippen LogP contribution in [0.25, 0.3) is 5.69 Å². The Balaban J connectivity index is 2.13. The van der Waals surface area contributed by atoms with Crippen molar-refractivity contribution in [2.45, 2.75) is 6.54 Å². The van der Waals surface area contributed by atoms with Crippen molar-refractivity contribution in [3.8, 4) is 5.69 Å². The van der Waals surface area contributed by atoms with Gasteiger partial charge in [0.25, 0.3) is 0 Å². The van der Waals surface area contributed by atoms with Gasteiger partial charge >= 0.3 is 0 Å². The normalized spacial score (nSPS) is 10.9. The number of rotatable bonds is 6. The zero-order valence-corrected chi connectivity index (χ0v) is 10.4. The first-order valence-electron chi connectivity index (χ1n) is 5.75. The Bertz CT molecular complexity index is 508. The minimum atomic E-state index is -0.672. The van der Waals surface area contributed by atoms with E-state index >= 15 is 0 Å². The number of hydrogen-bond donors (Lipinski definition) is 1. The summed E-state index contributed by atoms with van der Waals surface area (Å²) < 4.78 is 33.7. The number of benzene rings is 1. The van der Waals surface area contributed by atoms with Gasteiger partial charge in [-0.05, 0) is 17.7 Å². The first-order valence-corrected chi connectivity index (χ1v) is 5.75. The highest BCUT2D eigenvalue weighted by Crippen LogP contribution is 2.18. The lowest BCUT2D eigenvalue weighted by Crippen LogP contribution is -2.19. The Morgan fingerprint density at radius 3 is 2.63 bits per heavy atom. The Kier molecular flexibility index (Phi) is 4.53. The van der Waals surface area contributed by atoms with Crippen molar-refractivity contribution in [3.63, 3.8) is 0 Å². The lowest BCUT2D eigenvalue weighted by atomic mass is 10.2. The molecule has 0 bridgehead atoms. The van der Waals surface area contributed by atoms with Gasteiger partial charge in [0, 0.05) is 20.2 Å². The van der Waals surface area contributed by atoms with E-state index in [1.165, 1.54) is 24.8 Å². The van der Waals surface area contributed by atoms with E-state index in [2.05, 4.69) is 15.4 Å². The topological polar surface area (TPSA) is 52.0 Å². The highest BCUT2D eigenvalue weighted by atomic mass is 19.1. The molecule has 0 aliphatic heterocycles. The van der Waals surface area contributed by atoms with E-state index in [-0.39, 0.29) is 5.69 Å². The largest absolute Gasteiger partial charge is 0.383 e. The summed E-state index contributed by atoms with van der Waals surface area (Å²) in [6, 6.07) is 2.56. The Morgan fingerprint density at radius 2 is 2.05 bits per heavy atom. The molecule has 2 rings (SSSR count). The molecule has 1 heterocycles. The number of aromatic nitrogens is 3. The van der Waals surface area contributed by atoms with E-state index in [0.29, 0.717) is 25.3 Å². The van der Waals surface area contributed by atoms with Crippen molar-refractivity contribution in [3.05, 3.63) is 42.0 Å². The Morgan fingerprint density at radius 1 is 1.32 bits per heavy atom. The predicted octanol–water partition coefficient (Wildman–Crippen LogP) is 1.28. The number of halogens is 2. The zero-order chi connectivity index (χ0) is 13.7. The number of hydrogen-bond acceptors (Lipinski definition) is 4. The Labute approximate surface area is 109 Å². The molecule has 0 aliphatic rings. The molecular weight excluding hydrogens is 254 g/mol. The number of nitrogens with zero attached hydrogens (tertiary/aromatic N) is 3. The quantitative estimate of drug-likeness (QED) is 0.802. The van der Waals surface area contributed by atoms with E-state index in [1.54, 1.807) is 7.11 Å². The molecule has 0 radical (unpaired) electrons. The van der Waals surface area contributed by atoms with Gasteiger partial charge in [-0.2, -0.15) is 5.10 Å². The molecule has 0 atom stereocenters. The molecule has 5 nitrogen and oxygen atoms in total. The molecule has 0 fully saturated rings. The van der Waals surface area contributed by atoms with E-state index in [1.807, 2.05) is 0 Å². The fraction of sp³-hybridized carbons (Fsp3) is 0.333. The lowest BCUT2D eigenvalue weighted by molar-refractivity contribution is 0.199. The second-order valence-corrected chi connectivity index (χ2v) is 3.92. The summed E-state index contributed by atoms with van der Waals surface area (Å²) in [5, 5.41) is 6.74. The van der Waals surface area contributed by atoms with Crippen molar-refractivity contribution in [2.75, 3.05) is 20.3 Å². The van der Waals surface area contributed by atoms with Crippen LogP contribution in [0, 0.1) is 11.6 Å². The first-order chi connectivity index (χ1) is 9.22. The molecule has 1 aromatic carbocycles. The van der Waals surface area contributed by atoms with Crippen LogP contribution in [0.2, 0.25) is 0 Å². The molecule has 102 valence electrons. The fourth-order valence-corrected chi connectivity index (χ4v) is 1.67. The number of ether oxygens (including phenoxy) is 1. The highest BCUT2D eigenvalue weighted by molar-refractivity contribution is 5.37. The van der Waals surface area contributed by atoms with Crippen LogP contribution in [0.5, 0.6) is 0 Å². The molecule has 19 heavy (non-hydrogen) atoms. The summed E-state index contributed by atoms with van der Waals surface area (Å²) in [5.41, 5.74) is 0.299. The SMILES string of the molecule is COCCNCc1cc(F)c(-n2cncn2)c(F)c1. The standard InChI is InChI=1S/C12H14F2N4O/c1-19-3-2-15-6-9-4-10(13)12(11(14)5-9)18-8-16-7-17-18/h4-5,7-8,15H,2-3,6H2,1H3. The average Bonchev–Trinajstić information content (AvgIpc) is 2.87. The van der Waals surface area contributed by atoms with Crippen LogP contribution in [-0.4, -0.2) is 35.0 Å². The van der Waals surface area contributed by atoms with Gasteiger partial charge in [0.15, 0.2) is 11.6 Å². The zero-order valence-electron chi connectivity index (χ0n) is 10.4. The Hall–Kier alpha value is -1.86. The lowest BCUT2D eigenvalue weighted by Gasteiger charge is -2.08. The molecule has 0 unspecified atom stereocenters. The third-order valence-corrected chi connectivity index (χ3v) is 2.54. The summed E-state index contributed by atoms with van der Waals surface area (Å²) >= 11 is 0. The monoisotopic (exact) mass is 268 g/mol. The van der Waals surface area contributed by atoms with Crippen LogP contribution >= 0.6 is 0 Å². The molecule has 0 aliphatic carbocycles. The van der Waals surface area contributed by atoms with Crippen LogP contribution in [0.3, 0.4) is 0 Å². The van der Waals surface area contributed by atoms with Crippen molar-refractivity contribution < 1.29 is 13.5 Å². The molecule has 2 aromatic rings. The average molecular weight is 268 g/mol. The van der Waals surface area contributed by atoms with E-state index in [0.717, 1.165) is 4.68 Å². The van der Waals surface area contributed by atoms with Crippen molar-refractivity contribution >= 4 is 0 Å². The third kappa shape index (κ3) is 3.33. The van der Waals surface area contributed by atoms with Gasteiger partial charge in [-0.3, -0.25) is 0 Å². The summed E-state index contributed by atoms with van der Waals surface area (Å²) in [4.78, 5) is 3.67. The van der Waals surface area contributed by atoms with E-state index < -0.39 is 11.6 Å². The minimum Gasteiger partial charge on any atom is -0.383 e. The molecule has 0 amide bonds. The second-order valence-electron chi connectivity index (χ2n) is 3.92. The molecule has 0 saturated heterocycles. The summed E-state index contributed by atoms with van der Waals surface area (Å²) in [6.45, 7) is 1.53. The molecule has 0 saturated carbocycles. The highest BCUT2D eigenvalue weighted by Gasteiger charge is 2.13. The van der Waals surface area contributed by atoms with Gasteiger partial charge in [0.2, 0.25) is 0 Å². The van der Waals surface area contributed by atoms with Gasteiger partial charge < -0.3 is 10.1 Å². The fourth-order valence-electron chi connectivity index (χ4n) is 1.67. The summed E-state index contributed by atoms with van der Waals surface area (Å²) in [6.07, 6.45) is 2.47. The smallest absolute Gasteiger partial charge is 0.152 e. The maximum absolute atomic E-state index is 13.9. The molecule has 0 spiro atoms. The van der Waals surface area contributed by atoms with Crippen LogP contribution < -0.4 is 5.32 Å². The molecular formula is C12H14F2N4O. The maximum atomic E-state index is 13.9. The van der Waals surface area contributed by atoms with Gasteiger partial charge in [-0.15, -0.1) is 0 Å². The van der Waals surface area contributed by atoms with Crippen LogP contribution in [0.15, 0.2) is 24.8 Å². The van der Waals surface area contributed by atoms with Gasteiger partial charge in [-0.1, -0.05) is 0 Å². The van der Waals surface area contributed by atoms with Crippen LogP contribution in [-0.2, 0) is 11.3 Å². The van der Waals surface area contributed by atoms with Crippen molar-refractivity contribution in [1.29, 1.82) is 0 Å². The molecule has 1 aromatic heterocycles. The van der Waals surface area contributed by atoms with Gasteiger partial charge in [0.1, 0.15) is 18.3 Å². The number of nitrogens with one attached hydrogen (secondary N) is 1. The van der Waals surface area contributed by atoms with Gasteiger partial charge in [-0.25, -0.2) is 18.4 Å². The summed E-state index contributed by atoms with van der Waals surface area (Å²) in [7, 11) is 1.59. The van der Waals surface area contributed by atoms with E-state index in [9.17, 15) is 8.78 Å². The summed E-state index contributed by atoms with van der Waals surface area (Å²) in [5.74, 6) is -1.34. The van der Waals surface area contributed by atoms with Crippen molar-refractivity contribution in [1.82, 2.24) is 20.1 Å². The van der Waals surface area contributed by atoms with Crippen molar-refractivity contribution in [2.24, 2.45) is 0 Å². The van der Waals surface area contributed by atoms with Crippen LogP contribution in [0.1, 0.15) is 5.56 Å². The first kappa shape index (κ1) is 13.6. The predicted molar refractivity (Wildman–Crippen MR) is 64.9 cm³/mol.